The lowest BCUT2D eigenvalue weighted by molar-refractivity contribution is 0.302. The Hall–Kier alpha value is 0.620. The van der Waals surface area contributed by atoms with Crippen molar-refractivity contribution < 1.29 is 0 Å². The van der Waals surface area contributed by atoms with Crippen LogP contribution in [0.5, 0.6) is 0 Å². The third-order valence-corrected chi connectivity index (χ3v) is 3.88. The van der Waals surface area contributed by atoms with Crippen LogP contribution in [0, 0.1) is 0 Å². The molecular formula is C6H11N2S2. The molecule has 0 aromatic rings. The Morgan fingerprint density at radius 3 is 3.00 bits per heavy atom. The van der Waals surface area contributed by atoms with Crippen LogP contribution in [-0.4, -0.2) is 40.9 Å². The molecule has 2 heterocycles. The molecule has 0 aromatic carbocycles. The molecule has 4 heteroatoms. The molecule has 2 rings (SSSR count). The molecule has 0 bridgehead atoms. The Morgan fingerprint density at radius 1 is 1.40 bits per heavy atom. The molecule has 0 aliphatic carbocycles. The fraction of sp³-hybridized carbons (Fsp3) is 1.00. The van der Waals surface area contributed by atoms with E-state index in [1.807, 2.05) is 23.5 Å². The van der Waals surface area contributed by atoms with Crippen molar-refractivity contribution in [2.24, 2.45) is 0 Å². The van der Waals surface area contributed by atoms with Gasteiger partial charge in [0.1, 0.15) is 5.50 Å². The van der Waals surface area contributed by atoms with Crippen molar-refractivity contribution in [1.29, 1.82) is 0 Å². The van der Waals surface area contributed by atoms with Crippen LogP contribution in [0.1, 0.15) is 0 Å². The van der Waals surface area contributed by atoms with Crippen LogP contribution >= 0.6 is 23.5 Å². The second-order valence-corrected chi connectivity index (χ2v) is 4.69. The number of hydrogen-bond donors (Lipinski definition) is 0. The van der Waals surface area contributed by atoms with Gasteiger partial charge >= 0.3 is 0 Å². The van der Waals surface area contributed by atoms with E-state index < -0.39 is 0 Å². The highest BCUT2D eigenvalue weighted by Gasteiger charge is 2.25. The van der Waals surface area contributed by atoms with Gasteiger partial charge in [-0.05, 0) is 0 Å². The van der Waals surface area contributed by atoms with Crippen molar-refractivity contribution in [3.8, 4) is 0 Å². The first-order valence-corrected chi connectivity index (χ1v) is 5.77. The van der Waals surface area contributed by atoms with Crippen molar-refractivity contribution in [2.75, 3.05) is 30.5 Å². The standard InChI is InChI=1S/C6H11N2S2/c1-3-10-6(7-1)8-2-4-9-5-8/h6H,1-5H2. The molecule has 2 saturated heterocycles. The van der Waals surface area contributed by atoms with Crippen LogP contribution in [0.4, 0.5) is 0 Å². The normalized spacial score (nSPS) is 35.4. The molecule has 2 fully saturated rings. The average molecular weight is 175 g/mol. The number of hydrogen-bond acceptors (Lipinski definition) is 3. The van der Waals surface area contributed by atoms with Gasteiger partial charge in [-0.15, -0.1) is 23.5 Å². The molecule has 2 aliphatic heterocycles. The highest BCUT2D eigenvalue weighted by Crippen LogP contribution is 2.25. The quantitative estimate of drug-likeness (QED) is 0.582. The molecule has 10 heavy (non-hydrogen) atoms. The fourth-order valence-corrected chi connectivity index (χ4v) is 3.31. The molecule has 1 unspecified atom stereocenters. The van der Waals surface area contributed by atoms with Gasteiger partial charge in [-0.25, -0.2) is 5.32 Å². The highest BCUT2D eigenvalue weighted by atomic mass is 32.2. The average Bonchev–Trinajstić information content (AvgIpc) is 2.59. The molecule has 57 valence electrons. The SMILES string of the molecule is C1CSC(N2CCSC2)[N]1. The molecule has 2 nitrogen and oxygen atoms in total. The Kier molecular flexibility index (Phi) is 2.43. The Morgan fingerprint density at radius 2 is 2.40 bits per heavy atom. The van der Waals surface area contributed by atoms with E-state index in [9.17, 15) is 0 Å². The minimum absolute atomic E-state index is 0.509. The minimum atomic E-state index is 0.509. The van der Waals surface area contributed by atoms with Gasteiger partial charge in [0.05, 0.1) is 0 Å². The van der Waals surface area contributed by atoms with Crippen molar-refractivity contribution in [3.05, 3.63) is 0 Å². The second kappa shape index (κ2) is 3.34. The summed E-state index contributed by atoms with van der Waals surface area (Å²) in [5, 5.41) is 4.49. The van der Waals surface area contributed by atoms with E-state index in [2.05, 4.69) is 10.2 Å². The van der Waals surface area contributed by atoms with Crippen LogP contribution < -0.4 is 5.32 Å². The molecule has 0 aromatic heterocycles. The Labute approximate surface area is 70.1 Å². The summed E-state index contributed by atoms with van der Waals surface area (Å²) >= 11 is 4.01. The molecule has 0 N–H and O–H groups in total. The molecule has 0 spiro atoms. The zero-order chi connectivity index (χ0) is 6.81. The van der Waals surface area contributed by atoms with Gasteiger partial charge in [-0.3, -0.25) is 4.90 Å². The van der Waals surface area contributed by atoms with Crippen molar-refractivity contribution in [2.45, 2.75) is 5.50 Å². The highest BCUT2D eigenvalue weighted by molar-refractivity contribution is 8.00. The Balaban J connectivity index is 1.85. The predicted molar refractivity (Wildman–Crippen MR) is 47.3 cm³/mol. The molecule has 1 atom stereocenters. The van der Waals surface area contributed by atoms with Crippen LogP contribution in [0.3, 0.4) is 0 Å². The van der Waals surface area contributed by atoms with Gasteiger partial charge in [0.15, 0.2) is 0 Å². The predicted octanol–water partition coefficient (Wildman–Crippen LogP) is 0.627. The third-order valence-electron chi connectivity index (χ3n) is 1.74. The topological polar surface area (TPSA) is 17.3 Å². The maximum Gasteiger partial charge on any atom is 0.124 e. The lowest BCUT2D eigenvalue weighted by atomic mass is 10.6. The summed E-state index contributed by atoms with van der Waals surface area (Å²) in [6, 6.07) is 0. The molecule has 2 aliphatic rings. The second-order valence-electron chi connectivity index (χ2n) is 2.45. The zero-order valence-electron chi connectivity index (χ0n) is 5.82. The first-order valence-electron chi connectivity index (χ1n) is 3.57. The lowest BCUT2D eigenvalue weighted by Crippen LogP contribution is -2.34. The molecule has 1 radical (unpaired) electrons. The van der Waals surface area contributed by atoms with E-state index in [0.717, 1.165) is 6.54 Å². The number of thioether (sulfide) groups is 2. The molecule has 0 amide bonds. The van der Waals surface area contributed by atoms with Crippen LogP contribution in [0.25, 0.3) is 0 Å². The van der Waals surface area contributed by atoms with Gasteiger partial charge in [0, 0.05) is 30.5 Å². The first-order chi connectivity index (χ1) is 4.97. The smallest absolute Gasteiger partial charge is 0.124 e. The largest absolute Gasteiger partial charge is 0.268 e. The van der Waals surface area contributed by atoms with Gasteiger partial charge < -0.3 is 0 Å². The van der Waals surface area contributed by atoms with Gasteiger partial charge in [0.2, 0.25) is 0 Å². The van der Waals surface area contributed by atoms with Gasteiger partial charge in [-0.2, -0.15) is 0 Å². The van der Waals surface area contributed by atoms with E-state index in [1.54, 1.807) is 0 Å². The molecular weight excluding hydrogens is 164 g/mol. The molecule has 0 saturated carbocycles. The Bertz CT molecular complexity index is 94.3. The van der Waals surface area contributed by atoms with Crippen LogP contribution in [-0.2, 0) is 0 Å². The third kappa shape index (κ3) is 1.44. The summed E-state index contributed by atoms with van der Waals surface area (Å²) < 4.78 is 0. The maximum absolute atomic E-state index is 4.49. The zero-order valence-corrected chi connectivity index (χ0v) is 7.46. The van der Waals surface area contributed by atoms with Gasteiger partial charge in [-0.1, -0.05) is 0 Å². The summed E-state index contributed by atoms with van der Waals surface area (Å²) in [7, 11) is 0. The van der Waals surface area contributed by atoms with Crippen molar-refractivity contribution in [3.63, 3.8) is 0 Å². The van der Waals surface area contributed by atoms with Crippen LogP contribution in [0.2, 0.25) is 0 Å². The van der Waals surface area contributed by atoms with Gasteiger partial charge in [0.25, 0.3) is 0 Å². The van der Waals surface area contributed by atoms with Crippen LogP contribution in [0.15, 0.2) is 0 Å². The van der Waals surface area contributed by atoms with E-state index in [4.69, 9.17) is 0 Å². The van der Waals surface area contributed by atoms with Crippen molar-refractivity contribution in [1.82, 2.24) is 10.2 Å². The number of nitrogens with zero attached hydrogens (tertiary/aromatic N) is 2. The van der Waals surface area contributed by atoms with E-state index in [0.29, 0.717) is 5.50 Å². The van der Waals surface area contributed by atoms with E-state index in [-0.39, 0.29) is 0 Å². The lowest BCUT2D eigenvalue weighted by Gasteiger charge is -2.19. The summed E-state index contributed by atoms with van der Waals surface area (Å²) in [4.78, 5) is 2.46. The summed E-state index contributed by atoms with van der Waals surface area (Å²) in [6.07, 6.45) is 0. The minimum Gasteiger partial charge on any atom is -0.268 e. The summed E-state index contributed by atoms with van der Waals surface area (Å²) in [5.74, 6) is 3.72. The fourth-order valence-electron chi connectivity index (χ4n) is 1.20. The maximum atomic E-state index is 4.49. The first kappa shape index (κ1) is 7.28. The van der Waals surface area contributed by atoms with E-state index in [1.165, 1.54) is 23.9 Å². The van der Waals surface area contributed by atoms with Crippen molar-refractivity contribution >= 4 is 23.5 Å². The summed E-state index contributed by atoms with van der Waals surface area (Å²) in [5.41, 5.74) is 0.509. The van der Waals surface area contributed by atoms with E-state index >= 15 is 0 Å². The number of rotatable bonds is 1. The summed E-state index contributed by atoms with van der Waals surface area (Å²) in [6.45, 7) is 2.31. The monoisotopic (exact) mass is 175 g/mol.